The molecule has 1 aliphatic rings. The van der Waals surface area contributed by atoms with Crippen molar-refractivity contribution in [1.29, 1.82) is 0 Å². The SMILES string of the molecule is CCN(c1ccccc1)S(=O)(=O)c1c[nH]c(C(=O)N2CCCC2)c1. The maximum atomic E-state index is 12.9. The van der Waals surface area contributed by atoms with Crippen molar-refractivity contribution >= 4 is 21.6 Å². The van der Waals surface area contributed by atoms with Gasteiger partial charge in [-0.1, -0.05) is 18.2 Å². The molecular weight excluding hydrogens is 326 g/mol. The van der Waals surface area contributed by atoms with Crippen molar-refractivity contribution in [2.75, 3.05) is 23.9 Å². The second-order valence-corrected chi connectivity index (χ2v) is 7.62. The molecule has 0 aliphatic carbocycles. The lowest BCUT2D eigenvalue weighted by Gasteiger charge is -2.22. The molecule has 2 aromatic rings. The maximum absolute atomic E-state index is 12.9. The molecule has 6 nitrogen and oxygen atoms in total. The minimum atomic E-state index is -3.71. The second-order valence-electron chi connectivity index (χ2n) is 5.75. The van der Waals surface area contributed by atoms with E-state index in [1.54, 1.807) is 36.1 Å². The van der Waals surface area contributed by atoms with Crippen LogP contribution in [0, 0.1) is 0 Å². The summed E-state index contributed by atoms with van der Waals surface area (Å²) < 4.78 is 27.1. The van der Waals surface area contributed by atoms with E-state index >= 15 is 0 Å². The van der Waals surface area contributed by atoms with E-state index in [4.69, 9.17) is 0 Å². The Balaban J connectivity index is 1.88. The molecule has 1 saturated heterocycles. The number of aromatic amines is 1. The summed E-state index contributed by atoms with van der Waals surface area (Å²) in [5.74, 6) is -0.142. The van der Waals surface area contributed by atoms with Crippen LogP contribution in [0.2, 0.25) is 0 Å². The average molecular weight is 347 g/mol. The van der Waals surface area contributed by atoms with Crippen LogP contribution in [0.1, 0.15) is 30.3 Å². The van der Waals surface area contributed by atoms with Crippen LogP contribution in [-0.4, -0.2) is 43.8 Å². The third-order valence-electron chi connectivity index (χ3n) is 4.20. The van der Waals surface area contributed by atoms with Gasteiger partial charge < -0.3 is 9.88 Å². The molecule has 0 atom stereocenters. The molecule has 24 heavy (non-hydrogen) atoms. The Morgan fingerprint density at radius 2 is 1.88 bits per heavy atom. The Bertz CT molecular complexity index is 809. The number of para-hydroxylation sites is 1. The standard InChI is InChI=1S/C17H21N3O3S/c1-2-20(14-8-4-3-5-9-14)24(22,23)15-12-16(18-13-15)17(21)19-10-6-7-11-19/h3-5,8-9,12-13,18H,2,6-7,10-11H2,1H3. The molecule has 0 radical (unpaired) electrons. The summed E-state index contributed by atoms with van der Waals surface area (Å²) in [5, 5.41) is 0. The molecule has 2 heterocycles. The van der Waals surface area contributed by atoms with Crippen LogP contribution < -0.4 is 4.31 Å². The van der Waals surface area contributed by atoms with E-state index in [1.165, 1.54) is 16.6 Å². The van der Waals surface area contributed by atoms with Gasteiger partial charge in [0.25, 0.3) is 15.9 Å². The minimum absolute atomic E-state index is 0.107. The van der Waals surface area contributed by atoms with E-state index in [0.717, 1.165) is 25.9 Å². The van der Waals surface area contributed by atoms with Crippen LogP contribution in [0.4, 0.5) is 5.69 Å². The summed E-state index contributed by atoms with van der Waals surface area (Å²) in [6, 6.07) is 10.4. The van der Waals surface area contributed by atoms with Gasteiger partial charge in [0.15, 0.2) is 0 Å². The fourth-order valence-electron chi connectivity index (χ4n) is 2.95. The zero-order valence-electron chi connectivity index (χ0n) is 13.6. The number of carbonyl (C=O) groups excluding carboxylic acids is 1. The monoisotopic (exact) mass is 347 g/mol. The molecule has 0 saturated carbocycles. The van der Waals surface area contributed by atoms with Crippen LogP contribution in [-0.2, 0) is 10.0 Å². The van der Waals surface area contributed by atoms with E-state index in [-0.39, 0.29) is 10.8 Å². The van der Waals surface area contributed by atoms with Gasteiger partial charge >= 0.3 is 0 Å². The first kappa shape index (κ1) is 16.6. The van der Waals surface area contributed by atoms with Gasteiger partial charge in [0.05, 0.1) is 5.69 Å². The zero-order valence-corrected chi connectivity index (χ0v) is 14.4. The largest absolute Gasteiger partial charge is 0.356 e. The van der Waals surface area contributed by atoms with Crippen molar-refractivity contribution in [3.8, 4) is 0 Å². The van der Waals surface area contributed by atoms with E-state index < -0.39 is 10.0 Å². The van der Waals surface area contributed by atoms with Crippen molar-refractivity contribution in [1.82, 2.24) is 9.88 Å². The van der Waals surface area contributed by atoms with Gasteiger partial charge in [-0.25, -0.2) is 8.42 Å². The maximum Gasteiger partial charge on any atom is 0.270 e. The molecule has 1 aromatic heterocycles. The van der Waals surface area contributed by atoms with Crippen molar-refractivity contribution in [3.05, 3.63) is 48.3 Å². The third-order valence-corrected chi connectivity index (χ3v) is 6.08. The average Bonchev–Trinajstić information content (AvgIpc) is 3.28. The van der Waals surface area contributed by atoms with E-state index in [0.29, 0.717) is 17.9 Å². The molecule has 1 amide bonds. The predicted octanol–water partition coefficient (Wildman–Crippen LogP) is 2.47. The predicted molar refractivity (Wildman–Crippen MR) is 92.6 cm³/mol. The highest BCUT2D eigenvalue weighted by Crippen LogP contribution is 2.24. The second kappa shape index (κ2) is 6.68. The number of amides is 1. The number of nitrogens with zero attached hydrogens (tertiary/aromatic N) is 2. The highest BCUT2D eigenvalue weighted by Gasteiger charge is 2.27. The number of rotatable bonds is 5. The van der Waals surface area contributed by atoms with Crippen LogP contribution in [0.15, 0.2) is 47.5 Å². The summed E-state index contributed by atoms with van der Waals surface area (Å²) in [4.78, 5) is 17.1. The molecule has 0 unspecified atom stereocenters. The Kier molecular flexibility index (Phi) is 4.62. The van der Waals surface area contributed by atoms with E-state index in [9.17, 15) is 13.2 Å². The fraction of sp³-hybridized carbons (Fsp3) is 0.353. The first-order chi connectivity index (χ1) is 11.5. The van der Waals surface area contributed by atoms with Gasteiger partial charge in [-0.2, -0.15) is 0 Å². The third kappa shape index (κ3) is 3.03. The molecule has 0 bridgehead atoms. The highest BCUT2D eigenvalue weighted by atomic mass is 32.2. The Morgan fingerprint density at radius 1 is 1.21 bits per heavy atom. The summed E-state index contributed by atoms with van der Waals surface area (Å²) in [5.41, 5.74) is 0.924. The number of benzene rings is 1. The number of H-pyrrole nitrogens is 1. The van der Waals surface area contributed by atoms with E-state index in [2.05, 4.69) is 4.98 Å². The summed E-state index contributed by atoms with van der Waals surface area (Å²) in [7, 11) is -3.71. The Hall–Kier alpha value is -2.28. The lowest BCUT2D eigenvalue weighted by Crippen LogP contribution is -2.30. The number of likely N-dealkylation sites (tertiary alicyclic amines) is 1. The first-order valence-electron chi connectivity index (χ1n) is 8.09. The highest BCUT2D eigenvalue weighted by molar-refractivity contribution is 7.92. The van der Waals surface area contributed by atoms with Crippen molar-refractivity contribution in [2.24, 2.45) is 0 Å². The van der Waals surface area contributed by atoms with Gasteiger partial charge in [0.1, 0.15) is 10.6 Å². The number of anilines is 1. The van der Waals surface area contributed by atoms with Crippen LogP contribution >= 0.6 is 0 Å². The van der Waals surface area contributed by atoms with Crippen LogP contribution in [0.5, 0.6) is 0 Å². The molecule has 1 aromatic carbocycles. The van der Waals surface area contributed by atoms with E-state index in [1.807, 2.05) is 6.07 Å². The number of hydrogen-bond acceptors (Lipinski definition) is 3. The normalized spacial score (nSPS) is 14.8. The van der Waals surface area contributed by atoms with Gasteiger partial charge in [0, 0.05) is 25.8 Å². The quantitative estimate of drug-likeness (QED) is 0.903. The Labute approximate surface area is 142 Å². The van der Waals surface area contributed by atoms with Crippen LogP contribution in [0.3, 0.4) is 0 Å². The van der Waals surface area contributed by atoms with Gasteiger partial charge in [-0.05, 0) is 38.0 Å². The summed E-state index contributed by atoms with van der Waals surface area (Å²) in [6.07, 6.45) is 3.38. The molecular formula is C17H21N3O3S. The molecule has 1 fully saturated rings. The molecule has 3 rings (SSSR count). The van der Waals surface area contributed by atoms with Crippen molar-refractivity contribution in [3.63, 3.8) is 0 Å². The molecule has 0 spiro atoms. The smallest absolute Gasteiger partial charge is 0.270 e. The number of aromatic nitrogens is 1. The van der Waals surface area contributed by atoms with Crippen molar-refractivity contribution in [2.45, 2.75) is 24.7 Å². The van der Waals surface area contributed by atoms with Gasteiger partial charge in [-0.15, -0.1) is 0 Å². The summed E-state index contributed by atoms with van der Waals surface area (Å²) in [6.45, 7) is 3.55. The lowest BCUT2D eigenvalue weighted by molar-refractivity contribution is 0.0787. The summed E-state index contributed by atoms with van der Waals surface area (Å²) >= 11 is 0. The molecule has 1 N–H and O–H groups in total. The number of nitrogens with one attached hydrogen (secondary N) is 1. The first-order valence-corrected chi connectivity index (χ1v) is 9.53. The van der Waals surface area contributed by atoms with Gasteiger partial charge in [-0.3, -0.25) is 9.10 Å². The number of hydrogen-bond donors (Lipinski definition) is 1. The van der Waals surface area contributed by atoms with Crippen molar-refractivity contribution < 1.29 is 13.2 Å². The molecule has 128 valence electrons. The number of carbonyl (C=O) groups is 1. The molecule has 7 heteroatoms. The Morgan fingerprint density at radius 3 is 2.50 bits per heavy atom. The fourth-order valence-corrected chi connectivity index (χ4v) is 4.42. The van der Waals surface area contributed by atoms with Crippen LogP contribution in [0.25, 0.3) is 0 Å². The number of sulfonamides is 1. The van der Waals surface area contributed by atoms with Gasteiger partial charge in [0.2, 0.25) is 0 Å². The molecule has 1 aliphatic heterocycles. The lowest BCUT2D eigenvalue weighted by atomic mass is 10.3. The topological polar surface area (TPSA) is 73.5 Å². The minimum Gasteiger partial charge on any atom is -0.356 e. The zero-order chi connectivity index (χ0) is 17.2.